The van der Waals surface area contributed by atoms with Crippen molar-refractivity contribution < 1.29 is 9.59 Å². The van der Waals surface area contributed by atoms with E-state index >= 15 is 0 Å². The highest BCUT2D eigenvalue weighted by atomic mass is 16.2. The predicted molar refractivity (Wildman–Crippen MR) is 174 cm³/mol. The number of fused-ring (bicyclic) bond motifs is 1. The molecule has 0 bridgehead atoms. The highest BCUT2D eigenvalue weighted by Gasteiger charge is 2.21. The Labute approximate surface area is 257 Å². The first kappa shape index (κ1) is 30.0. The Morgan fingerprint density at radius 1 is 0.795 bits per heavy atom. The second-order valence-electron chi connectivity index (χ2n) is 10.7. The number of benzene rings is 4. The molecule has 1 aliphatic heterocycles. The van der Waals surface area contributed by atoms with Crippen molar-refractivity contribution in [1.29, 1.82) is 0 Å². The Kier molecular flexibility index (Phi) is 9.99. The van der Waals surface area contributed by atoms with E-state index in [2.05, 4.69) is 32.8 Å². The fourth-order valence-corrected chi connectivity index (χ4v) is 5.27. The molecular formula is C35H37N7O2. The fraction of sp³-hybridized carbons (Fsp3) is 0.200. The molecule has 0 radical (unpaired) electrons. The van der Waals surface area contributed by atoms with E-state index in [1.165, 1.54) is 11.1 Å². The van der Waals surface area contributed by atoms with Crippen molar-refractivity contribution >= 4 is 23.9 Å². The number of hydrogen-bond donors (Lipinski definition) is 4. The molecular weight excluding hydrogens is 550 g/mol. The number of urea groups is 1. The van der Waals surface area contributed by atoms with Crippen LogP contribution in [0.25, 0.3) is 0 Å². The summed E-state index contributed by atoms with van der Waals surface area (Å²) in [7, 11) is 0. The maximum Gasteiger partial charge on any atom is 0.350 e. The summed E-state index contributed by atoms with van der Waals surface area (Å²) in [4.78, 5) is 35.9. The molecule has 44 heavy (non-hydrogen) atoms. The molecule has 0 saturated heterocycles. The van der Waals surface area contributed by atoms with Crippen LogP contribution in [-0.4, -0.2) is 35.3 Å². The third kappa shape index (κ3) is 8.32. The summed E-state index contributed by atoms with van der Waals surface area (Å²) >= 11 is 0. The SMILES string of the molecule is NC(=NCc1cccc(CNC(=O)C(Cc2ccccc2)c2ccccc2)c1)NC(=O)N=C(N)N1CCc2ccccc2C1. The van der Waals surface area contributed by atoms with Crippen molar-refractivity contribution in [3.63, 3.8) is 0 Å². The summed E-state index contributed by atoms with van der Waals surface area (Å²) < 4.78 is 0. The maximum atomic E-state index is 13.3. The van der Waals surface area contributed by atoms with E-state index in [-0.39, 0.29) is 30.3 Å². The van der Waals surface area contributed by atoms with Gasteiger partial charge in [-0.3, -0.25) is 10.1 Å². The molecule has 9 nitrogen and oxygen atoms in total. The van der Waals surface area contributed by atoms with Gasteiger partial charge in [-0.2, -0.15) is 4.99 Å². The quantitative estimate of drug-likeness (QED) is 0.181. The lowest BCUT2D eigenvalue weighted by Crippen LogP contribution is -2.43. The molecule has 4 aromatic carbocycles. The molecule has 1 aliphatic rings. The van der Waals surface area contributed by atoms with E-state index < -0.39 is 6.03 Å². The minimum atomic E-state index is -0.678. The van der Waals surface area contributed by atoms with Gasteiger partial charge in [-0.15, -0.1) is 0 Å². The van der Waals surface area contributed by atoms with E-state index in [0.29, 0.717) is 26.1 Å². The number of nitrogens with zero attached hydrogens (tertiary/aromatic N) is 3. The minimum absolute atomic E-state index is 0.0379. The molecule has 1 heterocycles. The summed E-state index contributed by atoms with van der Waals surface area (Å²) in [5, 5.41) is 5.58. The molecule has 3 amide bonds. The minimum Gasteiger partial charge on any atom is -0.370 e. The second kappa shape index (κ2) is 14.6. The summed E-state index contributed by atoms with van der Waals surface area (Å²) in [5.74, 6) is -0.264. The highest BCUT2D eigenvalue weighted by molar-refractivity contribution is 6.00. The van der Waals surface area contributed by atoms with Gasteiger partial charge >= 0.3 is 6.03 Å². The number of guanidine groups is 2. The first-order valence-electron chi connectivity index (χ1n) is 14.7. The zero-order valence-electron chi connectivity index (χ0n) is 24.5. The van der Waals surface area contributed by atoms with Gasteiger partial charge in [-0.05, 0) is 46.2 Å². The standard InChI is InChI=1S/C35H37N7O2/c36-33(40-35(44)41-34(37)42-19-18-28-14-7-8-17-30(28)24-42)39-23-27-13-9-12-26(20-27)22-38-32(43)31(29-15-5-2-6-16-29)21-25-10-3-1-4-11-25/h1-17,20,31H,18-19,21-24H2,(H,38,43)(H5,36,37,39,40,41,44). The molecule has 0 spiro atoms. The highest BCUT2D eigenvalue weighted by Crippen LogP contribution is 2.22. The van der Waals surface area contributed by atoms with Crippen molar-refractivity contribution in [2.75, 3.05) is 6.54 Å². The normalized spacial score (nSPS) is 14.0. The first-order valence-corrected chi connectivity index (χ1v) is 14.7. The molecule has 0 aliphatic carbocycles. The van der Waals surface area contributed by atoms with Gasteiger partial charge in [-0.1, -0.05) is 109 Å². The Balaban J connectivity index is 1.14. The van der Waals surface area contributed by atoms with Crippen LogP contribution in [0.2, 0.25) is 0 Å². The lowest BCUT2D eigenvalue weighted by Gasteiger charge is -2.29. The van der Waals surface area contributed by atoms with Crippen molar-refractivity contribution in [1.82, 2.24) is 15.5 Å². The lowest BCUT2D eigenvalue weighted by atomic mass is 9.91. The number of hydrogen-bond acceptors (Lipinski definition) is 3. The third-order valence-electron chi connectivity index (χ3n) is 7.60. The van der Waals surface area contributed by atoms with Gasteiger partial charge in [0.25, 0.3) is 0 Å². The van der Waals surface area contributed by atoms with E-state index in [1.54, 1.807) is 0 Å². The van der Waals surface area contributed by atoms with Crippen LogP contribution in [0.4, 0.5) is 4.79 Å². The molecule has 0 aromatic heterocycles. The van der Waals surface area contributed by atoms with Crippen molar-refractivity contribution in [3.05, 3.63) is 143 Å². The zero-order chi connectivity index (χ0) is 30.7. The van der Waals surface area contributed by atoms with E-state index in [1.807, 2.05) is 102 Å². The van der Waals surface area contributed by atoms with Crippen LogP contribution in [0.3, 0.4) is 0 Å². The van der Waals surface area contributed by atoms with Crippen LogP contribution in [0, 0.1) is 0 Å². The molecule has 5 rings (SSSR count). The van der Waals surface area contributed by atoms with E-state index in [0.717, 1.165) is 28.7 Å². The van der Waals surface area contributed by atoms with Crippen LogP contribution in [0.1, 0.15) is 39.3 Å². The summed E-state index contributed by atoms with van der Waals surface area (Å²) in [6.07, 6.45) is 1.44. The summed E-state index contributed by atoms with van der Waals surface area (Å²) in [6.45, 7) is 1.89. The average Bonchev–Trinajstić information content (AvgIpc) is 3.06. The number of nitrogens with two attached hydrogens (primary N) is 2. The molecule has 9 heteroatoms. The van der Waals surface area contributed by atoms with Gasteiger partial charge in [0.2, 0.25) is 11.9 Å². The van der Waals surface area contributed by atoms with Gasteiger partial charge < -0.3 is 21.7 Å². The number of nitrogens with one attached hydrogen (secondary N) is 2. The van der Waals surface area contributed by atoms with Crippen molar-refractivity contribution in [2.45, 2.75) is 38.4 Å². The number of aliphatic imine (C=N–C) groups is 2. The molecule has 1 atom stereocenters. The van der Waals surface area contributed by atoms with Crippen molar-refractivity contribution in [3.8, 4) is 0 Å². The summed E-state index contributed by atoms with van der Waals surface area (Å²) in [5.41, 5.74) is 18.4. The number of carbonyl (C=O) groups excluding carboxylic acids is 2. The molecule has 4 aromatic rings. The Bertz CT molecular complexity index is 1640. The number of amides is 3. The largest absolute Gasteiger partial charge is 0.370 e. The van der Waals surface area contributed by atoms with Crippen molar-refractivity contribution in [2.24, 2.45) is 21.5 Å². The topological polar surface area (TPSA) is 138 Å². The monoisotopic (exact) mass is 587 g/mol. The van der Waals surface area contributed by atoms with Gasteiger partial charge in [-0.25, -0.2) is 9.79 Å². The van der Waals surface area contributed by atoms with Gasteiger partial charge in [0.05, 0.1) is 12.5 Å². The third-order valence-corrected chi connectivity index (χ3v) is 7.60. The Morgan fingerprint density at radius 3 is 2.23 bits per heavy atom. The van der Waals surface area contributed by atoms with Crippen LogP contribution < -0.4 is 22.1 Å². The maximum absolute atomic E-state index is 13.3. The van der Waals surface area contributed by atoms with Crippen LogP contribution >= 0.6 is 0 Å². The lowest BCUT2D eigenvalue weighted by molar-refractivity contribution is -0.122. The van der Waals surface area contributed by atoms with Crippen LogP contribution in [-0.2, 0) is 37.3 Å². The second-order valence-corrected chi connectivity index (χ2v) is 10.7. The van der Waals surface area contributed by atoms with Gasteiger partial charge in [0.1, 0.15) is 0 Å². The molecule has 224 valence electrons. The van der Waals surface area contributed by atoms with Crippen LogP contribution in [0.5, 0.6) is 0 Å². The first-order chi connectivity index (χ1) is 21.4. The Morgan fingerprint density at radius 2 is 1.45 bits per heavy atom. The van der Waals surface area contributed by atoms with E-state index in [4.69, 9.17) is 11.5 Å². The number of rotatable bonds is 8. The molecule has 6 N–H and O–H groups in total. The average molecular weight is 588 g/mol. The fourth-order valence-electron chi connectivity index (χ4n) is 5.27. The van der Waals surface area contributed by atoms with Crippen LogP contribution in [0.15, 0.2) is 119 Å². The zero-order valence-corrected chi connectivity index (χ0v) is 24.5. The summed E-state index contributed by atoms with van der Waals surface area (Å²) in [6, 6.07) is 35.0. The smallest absolute Gasteiger partial charge is 0.350 e. The van der Waals surface area contributed by atoms with Gasteiger partial charge in [0.15, 0.2) is 5.96 Å². The molecule has 0 fully saturated rings. The number of carbonyl (C=O) groups is 2. The van der Waals surface area contributed by atoms with Gasteiger partial charge in [0, 0.05) is 19.6 Å². The Hall–Kier alpha value is -5.44. The predicted octanol–water partition coefficient (Wildman–Crippen LogP) is 4.23. The molecule has 0 saturated carbocycles. The molecule has 1 unspecified atom stereocenters. The van der Waals surface area contributed by atoms with E-state index in [9.17, 15) is 9.59 Å².